The lowest BCUT2D eigenvalue weighted by Gasteiger charge is -2.26. The van der Waals surface area contributed by atoms with Crippen molar-refractivity contribution < 1.29 is 4.74 Å². The maximum atomic E-state index is 5.47. The van der Waals surface area contributed by atoms with Crippen molar-refractivity contribution in [1.82, 2.24) is 4.98 Å². The van der Waals surface area contributed by atoms with Gasteiger partial charge >= 0.3 is 0 Å². The first-order chi connectivity index (χ1) is 6.49. The average molecular weight is 193 g/mol. The summed E-state index contributed by atoms with van der Waals surface area (Å²) in [5.41, 5.74) is 2.05. The van der Waals surface area contributed by atoms with Crippen LogP contribution in [0, 0.1) is 0 Å². The second kappa shape index (κ2) is 4.09. The minimum absolute atomic E-state index is 0.256. The van der Waals surface area contributed by atoms with E-state index in [0.717, 1.165) is 5.69 Å². The molecule has 0 saturated carbocycles. The third-order valence-corrected chi connectivity index (χ3v) is 2.54. The molecule has 1 aromatic heterocycles. The number of nitrogens with zero attached hydrogens (tertiary/aromatic N) is 1. The highest BCUT2D eigenvalue weighted by Gasteiger charge is 2.24. The molecule has 0 aromatic carbocycles. The Morgan fingerprint density at radius 1 is 1.36 bits per heavy atom. The number of pyridine rings is 1. The molecule has 0 unspecified atom stereocenters. The zero-order valence-corrected chi connectivity index (χ0v) is 9.66. The zero-order valence-electron chi connectivity index (χ0n) is 9.66. The van der Waals surface area contributed by atoms with Gasteiger partial charge in [-0.25, -0.2) is 0 Å². The van der Waals surface area contributed by atoms with Crippen molar-refractivity contribution >= 4 is 0 Å². The molecule has 0 bridgehead atoms. The summed E-state index contributed by atoms with van der Waals surface area (Å²) in [7, 11) is 1.73. The van der Waals surface area contributed by atoms with Crippen LogP contribution in [0.1, 0.15) is 44.9 Å². The van der Waals surface area contributed by atoms with Crippen molar-refractivity contribution in [3.05, 3.63) is 29.6 Å². The first-order valence-corrected chi connectivity index (χ1v) is 4.99. The van der Waals surface area contributed by atoms with E-state index in [4.69, 9.17) is 4.74 Å². The van der Waals surface area contributed by atoms with E-state index in [9.17, 15) is 0 Å². The van der Waals surface area contributed by atoms with Gasteiger partial charge in [-0.1, -0.05) is 19.9 Å². The maximum absolute atomic E-state index is 5.47. The normalized spacial score (nSPS) is 12.1. The van der Waals surface area contributed by atoms with Crippen molar-refractivity contribution in [3.63, 3.8) is 0 Å². The topological polar surface area (TPSA) is 22.1 Å². The molecule has 2 nitrogen and oxygen atoms in total. The number of hydrogen-bond donors (Lipinski definition) is 0. The van der Waals surface area contributed by atoms with Gasteiger partial charge in [0, 0.05) is 24.6 Å². The standard InChI is InChI=1S/C12H19NO/c1-9(2)11-10(7-6-8-13-11)12(3,4)14-5/h6-9H,1-5H3. The van der Waals surface area contributed by atoms with Crippen LogP contribution in [-0.2, 0) is 10.3 Å². The van der Waals surface area contributed by atoms with Gasteiger partial charge in [-0.2, -0.15) is 0 Å². The molecule has 1 heterocycles. The second-order valence-electron chi connectivity index (χ2n) is 4.31. The lowest BCUT2D eigenvalue weighted by molar-refractivity contribution is 0.0179. The monoisotopic (exact) mass is 193 g/mol. The first-order valence-electron chi connectivity index (χ1n) is 4.99. The predicted octanol–water partition coefficient (Wildman–Crippen LogP) is 3.09. The van der Waals surface area contributed by atoms with Crippen molar-refractivity contribution in [3.8, 4) is 0 Å². The number of aromatic nitrogens is 1. The van der Waals surface area contributed by atoms with Gasteiger partial charge in [-0.15, -0.1) is 0 Å². The minimum Gasteiger partial charge on any atom is -0.374 e. The number of methoxy groups -OCH3 is 1. The van der Waals surface area contributed by atoms with Crippen LogP contribution in [0.15, 0.2) is 18.3 Å². The summed E-state index contributed by atoms with van der Waals surface area (Å²) >= 11 is 0. The Hall–Kier alpha value is -0.890. The molecule has 0 N–H and O–H groups in total. The Labute approximate surface area is 86.3 Å². The summed E-state index contributed by atoms with van der Waals surface area (Å²) in [5, 5.41) is 0. The summed E-state index contributed by atoms with van der Waals surface area (Å²) in [6.07, 6.45) is 1.84. The molecule has 78 valence electrons. The lowest BCUT2D eigenvalue weighted by atomic mass is 9.92. The van der Waals surface area contributed by atoms with Crippen LogP contribution in [0.3, 0.4) is 0 Å². The molecule has 0 aliphatic rings. The molecule has 0 radical (unpaired) electrons. The highest BCUT2D eigenvalue weighted by atomic mass is 16.5. The fourth-order valence-corrected chi connectivity index (χ4v) is 1.50. The van der Waals surface area contributed by atoms with Gasteiger partial charge in [-0.3, -0.25) is 4.98 Å². The SMILES string of the molecule is COC(C)(C)c1cccnc1C(C)C. The van der Waals surface area contributed by atoms with Crippen LogP contribution in [0.25, 0.3) is 0 Å². The van der Waals surface area contributed by atoms with E-state index < -0.39 is 0 Å². The Bertz CT molecular complexity index is 305. The molecule has 0 fully saturated rings. The number of hydrogen-bond acceptors (Lipinski definition) is 2. The lowest BCUT2D eigenvalue weighted by Crippen LogP contribution is -2.22. The van der Waals surface area contributed by atoms with Crippen LogP contribution in [0.4, 0.5) is 0 Å². The minimum atomic E-state index is -0.256. The zero-order chi connectivity index (χ0) is 10.8. The van der Waals surface area contributed by atoms with E-state index in [2.05, 4.69) is 38.7 Å². The highest BCUT2D eigenvalue weighted by molar-refractivity contribution is 5.27. The van der Waals surface area contributed by atoms with E-state index >= 15 is 0 Å². The van der Waals surface area contributed by atoms with Crippen LogP contribution < -0.4 is 0 Å². The van der Waals surface area contributed by atoms with Crippen molar-refractivity contribution in [2.45, 2.75) is 39.2 Å². The summed E-state index contributed by atoms with van der Waals surface area (Å²) in [6.45, 7) is 8.43. The molecule has 0 aliphatic heterocycles. The third kappa shape index (κ3) is 2.13. The largest absolute Gasteiger partial charge is 0.374 e. The smallest absolute Gasteiger partial charge is 0.0889 e. The molecule has 14 heavy (non-hydrogen) atoms. The molecule has 1 aromatic rings. The Balaban J connectivity index is 3.20. The van der Waals surface area contributed by atoms with E-state index in [1.807, 2.05) is 12.3 Å². The summed E-state index contributed by atoms with van der Waals surface area (Å²) in [4.78, 5) is 4.41. The molecule has 0 amide bonds. The Kier molecular flexibility index (Phi) is 3.27. The molecular formula is C12H19NO. The van der Waals surface area contributed by atoms with E-state index in [0.29, 0.717) is 5.92 Å². The predicted molar refractivity (Wildman–Crippen MR) is 58.4 cm³/mol. The summed E-state index contributed by atoms with van der Waals surface area (Å²) in [6, 6.07) is 4.05. The molecule has 1 rings (SSSR count). The fraction of sp³-hybridized carbons (Fsp3) is 0.583. The van der Waals surface area contributed by atoms with Gasteiger partial charge in [0.2, 0.25) is 0 Å². The van der Waals surface area contributed by atoms with Gasteiger partial charge in [-0.05, 0) is 25.8 Å². The van der Waals surface area contributed by atoms with Gasteiger partial charge in [0.05, 0.1) is 5.60 Å². The third-order valence-electron chi connectivity index (χ3n) is 2.54. The highest BCUT2D eigenvalue weighted by Crippen LogP contribution is 2.29. The van der Waals surface area contributed by atoms with Gasteiger partial charge in [0.15, 0.2) is 0 Å². The number of rotatable bonds is 3. The Morgan fingerprint density at radius 3 is 2.50 bits per heavy atom. The summed E-state index contributed by atoms with van der Waals surface area (Å²) < 4.78 is 5.47. The first kappa shape index (κ1) is 11.2. The molecular weight excluding hydrogens is 174 g/mol. The van der Waals surface area contributed by atoms with Crippen LogP contribution in [-0.4, -0.2) is 12.1 Å². The van der Waals surface area contributed by atoms with Crippen LogP contribution >= 0.6 is 0 Å². The van der Waals surface area contributed by atoms with E-state index in [1.54, 1.807) is 7.11 Å². The number of ether oxygens (including phenoxy) is 1. The average Bonchev–Trinajstić information content (AvgIpc) is 2.18. The quantitative estimate of drug-likeness (QED) is 0.736. The fourth-order valence-electron chi connectivity index (χ4n) is 1.50. The van der Waals surface area contributed by atoms with Crippen LogP contribution in [0.2, 0.25) is 0 Å². The molecule has 0 aliphatic carbocycles. The maximum Gasteiger partial charge on any atom is 0.0889 e. The molecule has 0 spiro atoms. The van der Waals surface area contributed by atoms with E-state index in [-0.39, 0.29) is 5.60 Å². The van der Waals surface area contributed by atoms with Gasteiger partial charge in [0.25, 0.3) is 0 Å². The van der Waals surface area contributed by atoms with Crippen LogP contribution in [0.5, 0.6) is 0 Å². The summed E-state index contributed by atoms with van der Waals surface area (Å²) in [5.74, 6) is 0.431. The van der Waals surface area contributed by atoms with E-state index in [1.165, 1.54) is 5.56 Å². The molecule has 2 heteroatoms. The van der Waals surface area contributed by atoms with Gasteiger partial charge in [0.1, 0.15) is 0 Å². The molecule has 0 atom stereocenters. The van der Waals surface area contributed by atoms with Crippen molar-refractivity contribution in [1.29, 1.82) is 0 Å². The second-order valence-corrected chi connectivity index (χ2v) is 4.31. The van der Waals surface area contributed by atoms with Gasteiger partial charge < -0.3 is 4.74 Å². The van der Waals surface area contributed by atoms with Crippen molar-refractivity contribution in [2.24, 2.45) is 0 Å². The molecule has 0 saturated heterocycles. The Morgan fingerprint density at radius 2 is 2.00 bits per heavy atom. The van der Waals surface area contributed by atoms with Crippen molar-refractivity contribution in [2.75, 3.05) is 7.11 Å².